The van der Waals surface area contributed by atoms with Crippen molar-refractivity contribution in [2.75, 3.05) is 13.7 Å². The first-order valence-corrected chi connectivity index (χ1v) is 8.06. The van der Waals surface area contributed by atoms with Gasteiger partial charge < -0.3 is 15.0 Å². The second-order valence-electron chi connectivity index (χ2n) is 5.63. The number of aromatic amines is 1. The molecule has 2 aromatic rings. The van der Waals surface area contributed by atoms with Crippen LogP contribution in [0.5, 0.6) is 5.75 Å². The molecule has 0 atom stereocenters. The number of hydrogen-bond acceptors (Lipinski definition) is 3. The van der Waals surface area contributed by atoms with E-state index < -0.39 is 0 Å². The normalized spacial score (nSPS) is 11.0. The smallest absolute Gasteiger partial charge is 0.251 e. The largest absolute Gasteiger partial charge is 0.497 e. The predicted octanol–water partition coefficient (Wildman–Crippen LogP) is 2.63. The molecule has 1 amide bonds. The average molecular weight is 316 g/mol. The zero-order chi connectivity index (χ0) is 16.8. The van der Waals surface area contributed by atoms with Crippen LogP contribution in [0.4, 0.5) is 0 Å². The number of aromatic nitrogens is 1. The second-order valence-corrected chi connectivity index (χ2v) is 5.63. The van der Waals surface area contributed by atoms with Gasteiger partial charge in [0.15, 0.2) is 0 Å². The molecule has 0 radical (unpaired) electrons. The minimum absolute atomic E-state index is 0.0501. The van der Waals surface area contributed by atoms with E-state index >= 15 is 0 Å². The van der Waals surface area contributed by atoms with E-state index in [1.54, 1.807) is 7.11 Å². The quantitative estimate of drug-likeness (QED) is 0.825. The highest BCUT2D eigenvalue weighted by Gasteiger charge is 2.13. The van der Waals surface area contributed by atoms with Crippen LogP contribution in [0.1, 0.15) is 32.3 Å². The van der Waals surface area contributed by atoms with Crippen LogP contribution in [0.25, 0.3) is 10.9 Å². The van der Waals surface area contributed by atoms with Gasteiger partial charge in [-0.3, -0.25) is 9.59 Å². The van der Waals surface area contributed by atoms with E-state index in [1.807, 2.05) is 38.1 Å². The van der Waals surface area contributed by atoms with Crippen LogP contribution in [-0.4, -0.2) is 24.5 Å². The summed E-state index contributed by atoms with van der Waals surface area (Å²) >= 11 is 0. The Morgan fingerprint density at radius 1 is 1.26 bits per heavy atom. The monoisotopic (exact) mass is 316 g/mol. The third-order valence-electron chi connectivity index (χ3n) is 4.18. The molecule has 0 fully saturated rings. The Kier molecular flexibility index (Phi) is 5.79. The number of rotatable bonds is 7. The van der Waals surface area contributed by atoms with Gasteiger partial charge in [0.25, 0.3) is 5.56 Å². The van der Waals surface area contributed by atoms with Crippen molar-refractivity contribution < 1.29 is 9.53 Å². The maximum atomic E-state index is 12.1. The van der Waals surface area contributed by atoms with Gasteiger partial charge in [0, 0.05) is 28.9 Å². The highest BCUT2D eigenvalue weighted by molar-refractivity contribution is 5.80. The second kappa shape index (κ2) is 7.81. The number of fused-ring (bicyclic) bond motifs is 1. The molecular formula is C18H24N2O3. The molecule has 5 heteroatoms. The van der Waals surface area contributed by atoms with Crippen LogP contribution in [0.3, 0.4) is 0 Å². The van der Waals surface area contributed by atoms with Gasteiger partial charge >= 0.3 is 0 Å². The Morgan fingerprint density at radius 2 is 2.00 bits per heavy atom. The lowest BCUT2D eigenvalue weighted by Crippen LogP contribution is -2.32. The minimum atomic E-state index is -0.112. The molecule has 124 valence electrons. The molecule has 0 unspecified atom stereocenters. The number of H-pyrrole nitrogens is 1. The summed E-state index contributed by atoms with van der Waals surface area (Å²) in [5, 5.41) is 3.84. The fourth-order valence-corrected chi connectivity index (χ4v) is 2.67. The van der Waals surface area contributed by atoms with Crippen molar-refractivity contribution in [3.8, 4) is 5.75 Å². The molecule has 5 nitrogen and oxygen atoms in total. The molecule has 0 saturated heterocycles. The van der Waals surface area contributed by atoms with Gasteiger partial charge in [0.05, 0.1) is 7.11 Å². The topological polar surface area (TPSA) is 71.2 Å². The summed E-state index contributed by atoms with van der Waals surface area (Å²) in [6, 6.07) is 7.39. The molecule has 0 spiro atoms. The number of pyridine rings is 1. The number of carbonyl (C=O) groups excluding carboxylic acids is 1. The summed E-state index contributed by atoms with van der Waals surface area (Å²) in [7, 11) is 1.61. The number of methoxy groups -OCH3 is 1. The zero-order valence-electron chi connectivity index (χ0n) is 13.9. The molecule has 23 heavy (non-hydrogen) atoms. The van der Waals surface area contributed by atoms with Crippen molar-refractivity contribution in [1.29, 1.82) is 0 Å². The molecule has 0 aliphatic carbocycles. The van der Waals surface area contributed by atoms with Gasteiger partial charge in [-0.1, -0.05) is 13.8 Å². The Morgan fingerprint density at radius 3 is 2.65 bits per heavy atom. The van der Waals surface area contributed by atoms with Crippen molar-refractivity contribution in [3.63, 3.8) is 0 Å². The van der Waals surface area contributed by atoms with E-state index in [4.69, 9.17) is 4.74 Å². The summed E-state index contributed by atoms with van der Waals surface area (Å²) in [4.78, 5) is 26.9. The molecule has 0 aliphatic heterocycles. The van der Waals surface area contributed by atoms with E-state index in [0.29, 0.717) is 18.5 Å². The lowest BCUT2D eigenvalue weighted by molar-refractivity contribution is -0.125. The van der Waals surface area contributed by atoms with Crippen molar-refractivity contribution in [1.82, 2.24) is 10.3 Å². The predicted molar refractivity (Wildman–Crippen MR) is 91.9 cm³/mol. The lowest BCUT2D eigenvalue weighted by atomic mass is 10.0. The van der Waals surface area contributed by atoms with Crippen LogP contribution >= 0.6 is 0 Å². The number of carbonyl (C=O) groups is 1. The first-order chi connectivity index (χ1) is 11.1. The first kappa shape index (κ1) is 17.1. The number of benzene rings is 1. The highest BCUT2D eigenvalue weighted by atomic mass is 16.5. The Hall–Kier alpha value is -2.30. The molecule has 0 bridgehead atoms. The minimum Gasteiger partial charge on any atom is -0.497 e. The number of amides is 1. The van der Waals surface area contributed by atoms with Gasteiger partial charge in [-0.15, -0.1) is 0 Å². The molecule has 1 heterocycles. The van der Waals surface area contributed by atoms with Crippen molar-refractivity contribution >= 4 is 16.8 Å². The van der Waals surface area contributed by atoms with Gasteiger partial charge in [0.1, 0.15) is 5.75 Å². The highest BCUT2D eigenvalue weighted by Crippen LogP contribution is 2.18. The molecule has 2 rings (SSSR count). The first-order valence-electron chi connectivity index (χ1n) is 8.06. The number of hydrogen-bond donors (Lipinski definition) is 2. The van der Waals surface area contributed by atoms with Crippen LogP contribution in [-0.2, 0) is 11.2 Å². The zero-order valence-corrected chi connectivity index (χ0v) is 13.9. The molecule has 0 aliphatic rings. The van der Waals surface area contributed by atoms with E-state index in [1.165, 1.54) is 0 Å². The number of ether oxygens (including phenoxy) is 1. The Balaban J connectivity index is 2.09. The van der Waals surface area contributed by atoms with Crippen molar-refractivity contribution in [3.05, 3.63) is 40.2 Å². The third kappa shape index (κ3) is 4.12. The average Bonchev–Trinajstić information content (AvgIpc) is 2.56. The molecular weight excluding hydrogens is 292 g/mol. The Labute approximate surface area is 136 Å². The molecule has 1 aromatic carbocycles. The lowest BCUT2D eigenvalue weighted by Gasteiger charge is -2.12. The molecule has 1 aromatic heterocycles. The summed E-state index contributed by atoms with van der Waals surface area (Å²) in [5.41, 5.74) is 1.33. The standard InChI is InChI=1S/C18H24N2O3/c1-4-12(5-2)17(21)19-9-8-13-10-14-11-15(23-3)6-7-16(14)20-18(13)22/h6-7,10-12H,4-5,8-9H2,1-3H3,(H,19,21)(H,20,22). The van der Waals surface area contributed by atoms with E-state index in [-0.39, 0.29) is 17.4 Å². The summed E-state index contributed by atoms with van der Waals surface area (Å²) in [5.74, 6) is 0.862. The maximum absolute atomic E-state index is 12.1. The van der Waals surface area contributed by atoms with Crippen molar-refractivity contribution in [2.45, 2.75) is 33.1 Å². The van der Waals surface area contributed by atoms with E-state index in [9.17, 15) is 9.59 Å². The molecule has 0 saturated carbocycles. The van der Waals surface area contributed by atoms with Gasteiger partial charge in [-0.2, -0.15) is 0 Å². The van der Waals surface area contributed by atoms with Crippen molar-refractivity contribution in [2.24, 2.45) is 5.92 Å². The van der Waals surface area contributed by atoms with Gasteiger partial charge in [-0.05, 0) is 43.5 Å². The summed E-state index contributed by atoms with van der Waals surface area (Å²) in [6.45, 7) is 4.48. The SMILES string of the molecule is CCC(CC)C(=O)NCCc1cc2cc(OC)ccc2[nH]c1=O. The van der Waals surface area contributed by atoms with E-state index in [0.717, 1.165) is 29.5 Å². The molecule has 2 N–H and O–H groups in total. The number of nitrogens with one attached hydrogen (secondary N) is 2. The van der Waals surface area contributed by atoms with Crippen LogP contribution in [0, 0.1) is 5.92 Å². The maximum Gasteiger partial charge on any atom is 0.251 e. The van der Waals surface area contributed by atoms with Gasteiger partial charge in [0.2, 0.25) is 5.91 Å². The van der Waals surface area contributed by atoms with Crippen LogP contribution < -0.4 is 15.6 Å². The van der Waals surface area contributed by atoms with E-state index in [2.05, 4.69) is 10.3 Å². The summed E-state index contributed by atoms with van der Waals surface area (Å²) in [6.07, 6.45) is 2.17. The Bertz CT molecular complexity index is 733. The van der Waals surface area contributed by atoms with Gasteiger partial charge in [-0.25, -0.2) is 0 Å². The third-order valence-corrected chi connectivity index (χ3v) is 4.18. The van der Waals surface area contributed by atoms with Crippen LogP contribution in [0.2, 0.25) is 0 Å². The fraction of sp³-hybridized carbons (Fsp3) is 0.444. The fourth-order valence-electron chi connectivity index (χ4n) is 2.67. The summed E-state index contributed by atoms with van der Waals surface area (Å²) < 4.78 is 5.21. The van der Waals surface area contributed by atoms with Crippen LogP contribution in [0.15, 0.2) is 29.1 Å².